The number of benzene rings is 2. The van der Waals surface area contributed by atoms with E-state index in [9.17, 15) is 4.79 Å². The highest BCUT2D eigenvalue weighted by atomic mass is 79.9. The van der Waals surface area contributed by atoms with Gasteiger partial charge in [0, 0.05) is 14.5 Å². The molecule has 1 amide bonds. The predicted molar refractivity (Wildman–Crippen MR) is 85.9 cm³/mol. The third-order valence-electron chi connectivity index (χ3n) is 2.60. The number of ether oxygens (including phenoxy) is 1. The zero-order chi connectivity index (χ0) is 14.5. The second kappa shape index (κ2) is 6.76. The van der Waals surface area contributed by atoms with Crippen molar-refractivity contribution in [3.05, 3.63) is 57.0 Å². The number of anilines is 1. The van der Waals surface area contributed by atoms with Gasteiger partial charge in [-0.15, -0.1) is 0 Å². The van der Waals surface area contributed by atoms with Crippen LogP contribution >= 0.6 is 31.9 Å². The first-order chi connectivity index (χ1) is 9.61. The quantitative estimate of drug-likeness (QED) is 0.764. The number of halogens is 2. The van der Waals surface area contributed by atoms with Gasteiger partial charge in [0.1, 0.15) is 5.75 Å². The molecule has 4 nitrogen and oxygen atoms in total. The number of rotatable bonds is 4. The lowest BCUT2D eigenvalue weighted by Crippen LogP contribution is -2.29. The lowest BCUT2D eigenvalue weighted by atomic mass is 10.2. The molecule has 0 spiro atoms. The second-order valence-corrected chi connectivity index (χ2v) is 5.62. The van der Waals surface area contributed by atoms with Crippen LogP contribution in [0.2, 0.25) is 0 Å². The Morgan fingerprint density at radius 2 is 1.75 bits per heavy atom. The molecule has 0 saturated heterocycles. The highest BCUT2D eigenvalue weighted by Crippen LogP contribution is 2.29. The first kappa shape index (κ1) is 14.9. The van der Waals surface area contributed by atoms with Crippen molar-refractivity contribution < 1.29 is 9.53 Å². The number of amides is 1. The predicted octanol–water partition coefficient (Wildman–Crippen LogP) is 3.98. The summed E-state index contributed by atoms with van der Waals surface area (Å²) in [4.78, 5) is 12.0. The van der Waals surface area contributed by atoms with Gasteiger partial charge in [0.2, 0.25) is 0 Å². The van der Waals surface area contributed by atoms with E-state index in [2.05, 4.69) is 42.7 Å². The standard InChI is InChI=1S/C14H12Br2N2O2/c1-20-10-5-2-4-9(8-10)14(19)18-17-13-11(15)6-3-7-12(13)16/h2-8,17H,1H3,(H,18,19). The van der Waals surface area contributed by atoms with Gasteiger partial charge in [0.15, 0.2) is 0 Å². The molecule has 0 heterocycles. The largest absolute Gasteiger partial charge is 0.497 e. The van der Waals surface area contributed by atoms with Gasteiger partial charge in [-0.1, -0.05) is 12.1 Å². The maximum absolute atomic E-state index is 12.0. The normalized spacial score (nSPS) is 9.95. The van der Waals surface area contributed by atoms with E-state index in [1.54, 1.807) is 31.4 Å². The Labute approximate surface area is 133 Å². The SMILES string of the molecule is COc1cccc(C(=O)NNc2c(Br)cccc2Br)c1. The summed E-state index contributed by atoms with van der Waals surface area (Å²) in [7, 11) is 1.56. The molecule has 0 aliphatic heterocycles. The van der Waals surface area contributed by atoms with Gasteiger partial charge in [-0.05, 0) is 62.2 Å². The van der Waals surface area contributed by atoms with E-state index in [1.807, 2.05) is 18.2 Å². The number of carbonyl (C=O) groups is 1. The van der Waals surface area contributed by atoms with Crippen molar-refractivity contribution >= 4 is 43.5 Å². The average Bonchev–Trinajstić information content (AvgIpc) is 2.46. The molecule has 6 heteroatoms. The Morgan fingerprint density at radius 3 is 2.40 bits per heavy atom. The highest BCUT2D eigenvalue weighted by Gasteiger charge is 2.08. The fourth-order valence-electron chi connectivity index (χ4n) is 1.57. The van der Waals surface area contributed by atoms with Gasteiger partial charge in [-0.25, -0.2) is 0 Å². The molecule has 0 radical (unpaired) electrons. The summed E-state index contributed by atoms with van der Waals surface area (Å²) in [5.74, 6) is 0.395. The van der Waals surface area contributed by atoms with Crippen LogP contribution in [0.25, 0.3) is 0 Å². The van der Waals surface area contributed by atoms with Crippen LogP contribution in [0.5, 0.6) is 5.75 Å². The number of hydrogen-bond donors (Lipinski definition) is 2. The second-order valence-electron chi connectivity index (χ2n) is 3.91. The number of para-hydroxylation sites is 1. The summed E-state index contributed by atoms with van der Waals surface area (Å²) >= 11 is 6.82. The van der Waals surface area contributed by atoms with Crippen LogP contribution in [0.3, 0.4) is 0 Å². The van der Waals surface area contributed by atoms with Gasteiger partial charge < -0.3 is 4.74 Å². The fourth-order valence-corrected chi connectivity index (χ4v) is 2.77. The van der Waals surface area contributed by atoms with E-state index in [0.717, 1.165) is 14.6 Å². The molecule has 20 heavy (non-hydrogen) atoms. The van der Waals surface area contributed by atoms with Crippen molar-refractivity contribution in [3.8, 4) is 5.75 Å². The molecule has 2 N–H and O–H groups in total. The highest BCUT2D eigenvalue weighted by molar-refractivity contribution is 9.11. The number of nitrogens with one attached hydrogen (secondary N) is 2. The summed E-state index contributed by atoms with van der Waals surface area (Å²) < 4.78 is 6.78. The van der Waals surface area contributed by atoms with Gasteiger partial charge in [-0.3, -0.25) is 15.6 Å². The van der Waals surface area contributed by atoms with Crippen LogP contribution in [-0.4, -0.2) is 13.0 Å². The van der Waals surface area contributed by atoms with E-state index in [-0.39, 0.29) is 5.91 Å². The van der Waals surface area contributed by atoms with Crippen LogP contribution < -0.4 is 15.6 Å². The minimum absolute atomic E-state index is 0.244. The lowest BCUT2D eigenvalue weighted by molar-refractivity contribution is 0.0962. The first-order valence-electron chi connectivity index (χ1n) is 5.76. The lowest BCUT2D eigenvalue weighted by Gasteiger charge is -2.12. The number of hydrazine groups is 1. The van der Waals surface area contributed by atoms with E-state index in [0.29, 0.717) is 11.3 Å². The molecule has 104 valence electrons. The zero-order valence-electron chi connectivity index (χ0n) is 10.6. The maximum atomic E-state index is 12.0. The summed E-state index contributed by atoms with van der Waals surface area (Å²) in [6, 6.07) is 12.6. The number of hydrogen-bond acceptors (Lipinski definition) is 3. The van der Waals surface area contributed by atoms with Crippen molar-refractivity contribution in [1.29, 1.82) is 0 Å². The molecular weight excluding hydrogens is 388 g/mol. The Bertz CT molecular complexity index is 612. The molecule has 0 fully saturated rings. The topological polar surface area (TPSA) is 50.4 Å². The summed E-state index contributed by atoms with van der Waals surface area (Å²) in [5, 5.41) is 0. The third-order valence-corrected chi connectivity index (χ3v) is 3.92. The van der Waals surface area contributed by atoms with Crippen molar-refractivity contribution in [3.63, 3.8) is 0 Å². The van der Waals surface area contributed by atoms with Crippen molar-refractivity contribution in [1.82, 2.24) is 5.43 Å². The summed E-state index contributed by atoms with van der Waals surface area (Å²) in [5.41, 5.74) is 6.79. The summed E-state index contributed by atoms with van der Waals surface area (Å²) in [6.45, 7) is 0. The van der Waals surface area contributed by atoms with Gasteiger partial charge in [0.05, 0.1) is 12.8 Å². The summed E-state index contributed by atoms with van der Waals surface area (Å²) in [6.07, 6.45) is 0. The molecule has 0 aliphatic rings. The molecule has 0 aromatic heterocycles. The molecular formula is C14H12Br2N2O2. The Morgan fingerprint density at radius 1 is 1.10 bits per heavy atom. The van der Waals surface area contributed by atoms with E-state index < -0.39 is 0 Å². The first-order valence-corrected chi connectivity index (χ1v) is 7.35. The van der Waals surface area contributed by atoms with E-state index in [1.165, 1.54) is 0 Å². The molecule has 2 aromatic carbocycles. The van der Waals surface area contributed by atoms with Crippen LogP contribution in [0.15, 0.2) is 51.4 Å². The zero-order valence-corrected chi connectivity index (χ0v) is 13.8. The van der Waals surface area contributed by atoms with Crippen LogP contribution in [-0.2, 0) is 0 Å². The Kier molecular flexibility index (Phi) is 5.03. The smallest absolute Gasteiger partial charge is 0.269 e. The Hall–Kier alpha value is -1.53. The van der Waals surface area contributed by atoms with Crippen molar-refractivity contribution in [2.45, 2.75) is 0 Å². The van der Waals surface area contributed by atoms with Gasteiger partial charge in [-0.2, -0.15) is 0 Å². The van der Waals surface area contributed by atoms with Crippen molar-refractivity contribution in [2.75, 3.05) is 12.5 Å². The maximum Gasteiger partial charge on any atom is 0.269 e. The molecule has 0 aliphatic carbocycles. The molecule has 2 rings (SSSR count). The van der Waals surface area contributed by atoms with Crippen LogP contribution in [0.4, 0.5) is 5.69 Å². The molecule has 0 unspecified atom stereocenters. The molecule has 0 bridgehead atoms. The van der Waals surface area contributed by atoms with Crippen LogP contribution in [0.1, 0.15) is 10.4 Å². The van der Waals surface area contributed by atoms with Crippen molar-refractivity contribution in [2.24, 2.45) is 0 Å². The fraction of sp³-hybridized carbons (Fsp3) is 0.0714. The van der Waals surface area contributed by atoms with E-state index >= 15 is 0 Å². The van der Waals surface area contributed by atoms with E-state index in [4.69, 9.17) is 4.74 Å². The minimum atomic E-state index is -0.244. The van der Waals surface area contributed by atoms with Crippen LogP contribution in [0, 0.1) is 0 Å². The van der Waals surface area contributed by atoms with Gasteiger partial charge in [0.25, 0.3) is 5.91 Å². The minimum Gasteiger partial charge on any atom is -0.497 e. The number of methoxy groups -OCH3 is 1. The van der Waals surface area contributed by atoms with Gasteiger partial charge >= 0.3 is 0 Å². The molecule has 0 saturated carbocycles. The molecule has 2 aromatic rings. The number of carbonyl (C=O) groups excluding carboxylic acids is 1. The average molecular weight is 400 g/mol. The monoisotopic (exact) mass is 398 g/mol. The third kappa shape index (κ3) is 3.52. The molecule has 0 atom stereocenters. The Balaban J connectivity index is 2.09.